The standard InChI is InChI=1S/C14H22BrNO3/c1-11(12-4-3-5-13(15)8-12)16-9-14(17)10-19-7-6-18-2/h3-5,8,11,14,16-17H,6-7,9-10H2,1-2H3/t11-,14?/m1/s1. The summed E-state index contributed by atoms with van der Waals surface area (Å²) in [5.74, 6) is 0. The summed E-state index contributed by atoms with van der Waals surface area (Å²) >= 11 is 3.45. The van der Waals surface area contributed by atoms with Crippen LogP contribution in [0.15, 0.2) is 28.7 Å². The zero-order valence-electron chi connectivity index (χ0n) is 11.4. The molecule has 0 aliphatic heterocycles. The number of aliphatic hydroxyl groups excluding tert-OH is 1. The average Bonchev–Trinajstić information content (AvgIpc) is 2.41. The van der Waals surface area contributed by atoms with Crippen molar-refractivity contribution in [3.8, 4) is 0 Å². The number of methoxy groups -OCH3 is 1. The zero-order chi connectivity index (χ0) is 14.1. The number of aliphatic hydroxyl groups is 1. The van der Waals surface area contributed by atoms with Crippen LogP contribution in [0.2, 0.25) is 0 Å². The summed E-state index contributed by atoms with van der Waals surface area (Å²) in [6, 6.07) is 8.31. The number of halogens is 1. The quantitative estimate of drug-likeness (QED) is 0.680. The first-order valence-electron chi connectivity index (χ1n) is 6.37. The van der Waals surface area contributed by atoms with E-state index in [9.17, 15) is 5.11 Å². The SMILES string of the molecule is COCCOCC(O)CN[C@H](C)c1cccc(Br)c1. The van der Waals surface area contributed by atoms with E-state index in [1.165, 1.54) is 5.56 Å². The molecule has 0 aliphatic rings. The highest BCUT2D eigenvalue weighted by atomic mass is 79.9. The first kappa shape index (κ1) is 16.6. The van der Waals surface area contributed by atoms with E-state index in [2.05, 4.69) is 40.3 Å². The number of nitrogens with one attached hydrogen (secondary N) is 1. The van der Waals surface area contributed by atoms with Crippen molar-refractivity contribution >= 4 is 15.9 Å². The molecule has 2 N–H and O–H groups in total. The monoisotopic (exact) mass is 331 g/mol. The average molecular weight is 332 g/mol. The van der Waals surface area contributed by atoms with Gasteiger partial charge in [-0.25, -0.2) is 0 Å². The topological polar surface area (TPSA) is 50.7 Å². The van der Waals surface area contributed by atoms with Crippen molar-refractivity contribution in [1.82, 2.24) is 5.32 Å². The maximum atomic E-state index is 9.76. The maximum absolute atomic E-state index is 9.76. The smallest absolute Gasteiger partial charge is 0.0897 e. The first-order valence-corrected chi connectivity index (χ1v) is 7.16. The van der Waals surface area contributed by atoms with Crippen molar-refractivity contribution in [2.45, 2.75) is 19.1 Å². The van der Waals surface area contributed by atoms with Crippen LogP contribution in [-0.4, -0.2) is 44.7 Å². The summed E-state index contributed by atoms with van der Waals surface area (Å²) in [4.78, 5) is 0. The molecule has 4 nitrogen and oxygen atoms in total. The molecule has 5 heteroatoms. The molecule has 0 bridgehead atoms. The predicted octanol–water partition coefficient (Wildman–Crippen LogP) is 2.12. The van der Waals surface area contributed by atoms with Gasteiger partial charge in [0.15, 0.2) is 0 Å². The van der Waals surface area contributed by atoms with Gasteiger partial charge < -0.3 is 19.9 Å². The molecule has 2 atom stereocenters. The molecule has 108 valence electrons. The summed E-state index contributed by atoms with van der Waals surface area (Å²) in [6.45, 7) is 3.95. The fraction of sp³-hybridized carbons (Fsp3) is 0.571. The number of benzene rings is 1. The van der Waals surface area contributed by atoms with E-state index in [-0.39, 0.29) is 6.04 Å². The third-order valence-electron chi connectivity index (χ3n) is 2.75. The molecule has 1 rings (SSSR count). The summed E-state index contributed by atoms with van der Waals surface area (Å²) < 4.78 is 11.2. The second kappa shape index (κ2) is 9.44. The number of hydrogen-bond acceptors (Lipinski definition) is 4. The minimum absolute atomic E-state index is 0.186. The van der Waals surface area contributed by atoms with E-state index >= 15 is 0 Å². The Morgan fingerprint density at radius 1 is 1.37 bits per heavy atom. The lowest BCUT2D eigenvalue weighted by atomic mass is 10.1. The Labute approximate surface area is 123 Å². The van der Waals surface area contributed by atoms with Crippen LogP contribution >= 0.6 is 15.9 Å². The Balaban J connectivity index is 2.24. The summed E-state index contributed by atoms with van der Waals surface area (Å²) in [6.07, 6.45) is -0.508. The van der Waals surface area contributed by atoms with Crippen LogP contribution in [0.4, 0.5) is 0 Å². The van der Waals surface area contributed by atoms with Crippen LogP contribution in [0, 0.1) is 0 Å². The van der Waals surface area contributed by atoms with Gasteiger partial charge >= 0.3 is 0 Å². The minimum atomic E-state index is -0.508. The van der Waals surface area contributed by atoms with Gasteiger partial charge in [0.1, 0.15) is 0 Å². The van der Waals surface area contributed by atoms with Crippen molar-refractivity contribution in [3.63, 3.8) is 0 Å². The van der Waals surface area contributed by atoms with Gasteiger partial charge in [0, 0.05) is 24.2 Å². The molecule has 19 heavy (non-hydrogen) atoms. The summed E-state index contributed by atoms with van der Waals surface area (Å²) in [5, 5.41) is 13.0. The van der Waals surface area contributed by atoms with Gasteiger partial charge in [0.05, 0.1) is 25.9 Å². The molecule has 0 aliphatic carbocycles. The Morgan fingerprint density at radius 2 is 2.16 bits per heavy atom. The van der Waals surface area contributed by atoms with Crippen LogP contribution in [0.25, 0.3) is 0 Å². The van der Waals surface area contributed by atoms with Crippen LogP contribution in [-0.2, 0) is 9.47 Å². The Kier molecular flexibility index (Phi) is 8.25. The molecule has 0 amide bonds. The van der Waals surface area contributed by atoms with Crippen molar-refractivity contribution in [1.29, 1.82) is 0 Å². The number of hydrogen-bond donors (Lipinski definition) is 2. The van der Waals surface area contributed by atoms with Crippen LogP contribution < -0.4 is 5.32 Å². The van der Waals surface area contributed by atoms with E-state index in [4.69, 9.17) is 9.47 Å². The number of ether oxygens (including phenoxy) is 2. The fourth-order valence-corrected chi connectivity index (χ4v) is 2.04. The minimum Gasteiger partial charge on any atom is -0.389 e. The lowest BCUT2D eigenvalue weighted by Gasteiger charge is -2.17. The van der Waals surface area contributed by atoms with Crippen LogP contribution in [0.1, 0.15) is 18.5 Å². The van der Waals surface area contributed by atoms with E-state index in [1.54, 1.807) is 7.11 Å². The third-order valence-corrected chi connectivity index (χ3v) is 3.24. The second-order valence-corrected chi connectivity index (χ2v) is 5.32. The zero-order valence-corrected chi connectivity index (χ0v) is 13.0. The molecule has 0 saturated heterocycles. The van der Waals surface area contributed by atoms with Gasteiger partial charge in [-0.1, -0.05) is 28.1 Å². The van der Waals surface area contributed by atoms with Gasteiger partial charge in [-0.3, -0.25) is 0 Å². The second-order valence-electron chi connectivity index (χ2n) is 4.41. The number of rotatable bonds is 9. The van der Waals surface area contributed by atoms with Crippen molar-refractivity contribution in [2.75, 3.05) is 33.5 Å². The molecule has 0 saturated carbocycles. The molecule has 1 aromatic rings. The summed E-state index contributed by atoms with van der Waals surface area (Å²) in [5.41, 5.74) is 1.18. The maximum Gasteiger partial charge on any atom is 0.0897 e. The molecule has 0 heterocycles. The predicted molar refractivity (Wildman–Crippen MR) is 79.3 cm³/mol. The van der Waals surface area contributed by atoms with Gasteiger partial charge in [-0.05, 0) is 24.6 Å². The molecule has 0 fully saturated rings. The van der Waals surface area contributed by atoms with Gasteiger partial charge in [0.25, 0.3) is 0 Å². The molecule has 1 aromatic carbocycles. The molecular formula is C14H22BrNO3. The Morgan fingerprint density at radius 3 is 2.84 bits per heavy atom. The van der Waals surface area contributed by atoms with Crippen molar-refractivity contribution in [3.05, 3.63) is 34.3 Å². The third kappa shape index (κ3) is 7.03. The van der Waals surface area contributed by atoms with E-state index in [1.807, 2.05) is 12.1 Å². The van der Waals surface area contributed by atoms with E-state index < -0.39 is 6.10 Å². The Hall–Kier alpha value is -0.460. The van der Waals surface area contributed by atoms with Crippen LogP contribution in [0.5, 0.6) is 0 Å². The molecule has 1 unspecified atom stereocenters. The molecule has 0 aromatic heterocycles. The molecule has 0 radical (unpaired) electrons. The first-order chi connectivity index (χ1) is 9.13. The van der Waals surface area contributed by atoms with Crippen molar-refractivity contribution < 1.29 is 14.6 Å². The van der Waals surface area contributed by atoms with Crippen LogP contribution in [0.3, 0.4) is 0 Å². The highest BCUT2D eigenvalue weighted by Crippen LogP contribution is 2.17. The lowest BCUT2D eigenvalue weighted by Crippen LogP contribution is -2.32. The van der Waals surface area contributed by atoms with Gasteiger partial charge in [0.2, 0.25) is 0 Å². The highest BCUT2D eigenvalue weighted by molar-refractivity contribution is 9.10. The molecule has 0 spiro atoms. The largest absolute Gasteiger partial charge is 0.389 e. The van der Waals surface area contributed by atoms with E-state index in [0.717, 1.165) is 4.47 Å². The van der Waals surface area contributed by atoms with E-state index in [0.29, 0.717) is 26.4 Å². The van der Waals surface area contributed by atoms with Crippen molar-refractivity contribution in [2.24, 2.45) is 0 Å². The highest BCUT2D eigenvalue weighted by Gasteiger charge is 2.09. The normalized spacial score (nSPS) is 14.3. The Bertz CT molecular complexity index is 362. The summed E-state index contributed by atoms with van der Waals surface area (Å²) in [7, 11) is 1.63. The van der Waals surface area contributed by atoms with Gasteiger partial charge in [-0.15, -0.1) is 0 Å². The lowest BCUT2D eigenvalue weighted by molar-refractivity contribution is 0.0130. The van der Waals surface area contributed by atoms with Gasteiger partial charge in [-0.2, -0.15) is 0 Å². The molecular weight excluding hydrogens is 310 g/mol. The fourth-order valence-electron chi connectivity index (χ4n) is 1.63.